The molecule has 0 fully saturated rings. The molecule has 0 saturated carbocycles. The Morgan fingerprint density at radius 1 is 1.15 bits per heavy atom. The molecule has 72 valence electrons. The smallest absolute Gasteiger partial charge is 0.0211 e. The summed E-state index contributed by atoms with van der Waals surface area (Å²) in [6.45, 7) is 4.31. The summed E-state index contributed by atoms with van der Waals surface area (Å²) in [5.74, 6) is 0. The first-order chi connectivity index (χ1) is 6.22. The van der Waals surface area contributed by atoms with Gasteiger partial charge in [0.05, 0.1) is 0 Å². The SMILES string of the molecule is Cc1cc(C)cc(CCCPCl)c1. The number of hydrogen-bond donors (Lipinski definition) is 0. The van der Waals surface area contributed by atoms with Crippen LogP contribution >= 0.6 is 19.2 Å². The minimum Gasteiger partial charge on any atom is -0.100 e. The van der Waals surface area contributed by atoms with Crippen LogP contribution in [0.5, 0.6) is 0 Å². The van der Waals surface area contributed by atoms with Crippen molar-refractivity contribution in [2.75, 3.05) is 6.16 Å². The van der Waals surface area contributed by atoms with E-state index in [1.165, 1.54) is 29.5 Å². The molecule has 2 heteroatoms. The summed E-state index contributed by atoms with van der Waals surface area (Å²) < 4.78 is 0. The number of benzene rings is 1. The van der Waals surface area contributed by atoms with E-state index in [2.05, 4.69) is 32.0 Å². The van der Waals surface area contributed by atoms with E-state index in [0.717, 1.165) is 6.16 Å². The molecule has 0 aliphatic carbocycles. The lowest BCUT2D eigenvalue weighted by Crippen LogP contribution is -1.89. The van der Waals surface area contributed by atoms with E-state index in [0.29, 0.717) is 7.93 Å². The van der Waals surface area contributed by atoms with Crippen molar-refractivity contribution in [1.82, 2.24) is 0 Å². The van der Waals surface area contributed by atoms with Gasteiger partial charge in [-0.05, 0) is 46.3 Å². The Morgan fingerprint density at radius 3 is 2.31 bits per heavy atom. The van der Waals surface area contributed by atoms with Crippen LogP contribution in [0.25, 0.3) is 0 Å². The predicted molar refractivity (Wildman–Crippen MR) is 63.3 cm³/mol. The van der Waals surface area contributed by atoms with Gasteiger partial charge in [0.1, 0.15) is 0 Å². The first-order valence-electron chi connectivity index (χ1n) is 4.63. The summed E-state index contributed by atoms with van der Waals surface area (Å²) in [5.41, 5.74) is 4.18. The van der Waals surface area contributed by atoms with Crippen LogP contribution in [0, 0.1) is 13.8 Å². The van der Waals surface area contributed by atoms with Gasteiger partial charge in [-0.2, -0.15) is 0 Å². The second-order valence-electron chi connectivity index (χ2n) is 3.48. The monoisotopic (exact) mass is 214 g/mol. The lowest BCUT2D eigenvalue weighted by Gasteiger charge is -2.03. The van der Waals surface area contributed by atoms with Gasteiger partial charge in [-0.3, -0.25) is 0 Å². The van der Waals surface area contributed by atoms with Crippen LogP contribution in [-0.2, 0) is 6.42 Å². The summed E-state index contributed by atoms with van der Waals surface area (Å²) >= 11 is 5.66. The number of rotatable bonds is 4. The van der Waals surface area contributed by atoms with Gasteiger partial charge in [0, 0.05) is 0 Å². The third kappa shape index (κ3) is 4.11. The van der Waals surface area contributed by atoms with Crippen molar-refractivity contribution in [3.8, 4) is 0 Å². The Balaban J connectivity index is 2.56. The minimum absolute atomic E-state index is 0.576. The van der Waals surface area contributed by atoms with Gasteiger partial charge < -0.3 is 0 Å². The maximum absolute atomic E-state index is 5.66. The van der Waals surface area contributed by atoms with Crippen LogP contribution in [-0.4, -0.2) is 6.16 Å². The van der Waals surface area contributed by atoms with Gasteiger partial charge in [-0.15, -0.1) is 11.2 Å². The maximum atomic E-state index is 5.66. The van der Waals surface area contributed by atoms with Crippen LogP contribution < -0.4 is 0 Å². The fourth-order valence-corrected chi connectivity index (χ4v) is 2.28. The molecular formula is C11H16ClP. The zero-order valence-corrected chi connectivity index (χ0v) is 9.99. The van der Waals surface area contributed by atoms with E-state index in [1.54, 1.807) is 0 Å². The largest absolute Gasteiger partial charge is 0.100 e. The molecule has 0 heterocycles. The first-order valence-corrected chi connectivity index (χ1v) is 6.85. The van der Waals surface area contributed by atoms with Crippen molar-refractivity contribution in [1.29, 1.82) is 0 Å². The van der Waals surface area contributed by atoms with E-state index in [1.807, 2.05) is 0 Å². The molecule has 1 atom stereocenters. The third-order valence-electron chi connectivity index (χ3n) is 2.02. The molecule has 0 spiro atoms. The molecule has 0 saturated heterocycles. The highest BCUT2D eigenvalue weighted by molar-refractivity contribution is 7.68. The van der Waals surface area contributed by atoms with E-state index < -0.39 is 0 Å². The number of aryl methyl sites for hydroxylation is 3. The van der Waals surface area contributed by atoms with Crippen molar-refractivity contribution >= 4 is 19.2 Å². The van der Waals surface area contributed by atoms with Gasteiger partial charge in [0.25, 0.3) is 0 Å². The molecule has 0 aliphatic rings. The zero-order valence-electron chi connectivity index (χ0n) is 8.23. The maximum Gasteiger partial charge on any atom is -0.0211 e. The van der Waals surface area contributed by atoms with Crippen LogP contribution in [0.1, 0.15) is 23.1 Å². The fraction of sp³-hybridized carbons (Fsp3) is 0.455. The molecule has 13 heavy (non-hydrogen) atoms. The summed E-state index contributed by atoms with van der Waals surface area (Å²) in [6, 6.07) is 6.75. The Morgan fingerprint density at radius 2 is 1.77 bits per heavy atom. The van der Waals surface area contributed by atoms with Gasteiger partial charge in [-0.25, -0.2) is 0 Å². The Bertz CT molecular complexity index is 251. The standard InChI is InChI=1S/C11H16ClP/c1-9-6-10(2)8-11(7-9)4-3-5-13-12/h6-8,13H,3-5H2,1-2H3. The molecule has 0 aliphatic heterocycles. The van der Waals surface area contributed by atoms with Crippen LogP contribution in [0.15, 0.2) is 18.2 Å². The van der Waals surface area contributed by atoms with E-state index in [9.17, 15) is 0 Å². The molecule has 0 aromatic heterocycles. The third-order valence-corrected chi connectivity index (χ3v) is 3.13. The normalized spacial score (nSPS) is 11.3. The Labute approximate surface area is 87.3 Å². The Kier molecular flexibility index (Phi) is 4.77. The summed E-state index contributed by atoms with van der Waals surface area (Å²) in [6.07, 6.45) is 3.53. The number of halogens is 1. The van der Waals surface area contributed by atoms with Crippen LogP contribution in [0.3, 0.4) is 0 Å². The molecule has 0 bridgehead atoms. The van der Waals surface area contributed by atoms with E-state index in [4.69, 9.17) is 11.2 Å². The summed E-state index contributed by atoms with van der Waals surface area (Å²) in [5, 5.41) is 0. The molecule has 1 aromatic carbocycles. The lowest BCUT2D eigenvalue weighted by atomic mass is 10.0. The molecule has 0 radical (unpaired) electrons. The minimum atomic E-state index is 0.576. The lowest BCUT2D eigenvalue weighted by molar-refractivity contribution is 0.929. The van der Waals surface area contributed by atoms with Gasteiger partial charge in [-0.1, -0.05) is 29.3 Å². The quantitative estimate of drug-likeness (QED) is 0.524. The second-order valence-corrected chi connectivity index (χ2v) is 5.05. The highest BCUT2D eigenvalue weighted by Crippen LogP contribution is 2.18. The van der Waals surface area contributed by atoms with Crippen molar-refractivity contribution < 1.29 is 0 Å². The molecular weight excluding hydrogens is 199 g/mol. The van der Waals surface area contributed by atoms with Gasteiger partial charge >= 0.3 is 0 Å². The predicted octanol–water partition coefficient (Wildman–Crippen LogP) is 4.07. The van der Waals surface area contributed by atoms with Crippen molar-refractivity contribution in [2.45, 2.75) is 26.7 Å². The molecule has 0 N–H and O–H groups in total. The summed E-state index contributed by atoms with van der Waals surface area (Å²) in [7, 11) is 0.576. The molecule has 1 rings (SSSR count). The van der Waals surface area contributed by atoms with Crippen LogP contribution in [0.2, 0.25) is 0 Å². The topological polar surface area (TPSA) is 0 Å². The average Bonchev–Trinajstić information content (AvgIpc) is 2.03. The van der Waals surface area contributed by atoms with Crippen molar-refractivity contribution in [3.63, 3.8) is 0 Å². The Hall–Kier alpha value is -0.0600. The highest BCUT2D eigenvalue weighted by atomic mass is 35.7. The van der Waals surface area contributed by atoms with Crippen molar-refractivity contribution in [2.24, 2.45) is 0 Å². The van der Waals surface area contributed by atoms with E-state index in [-0.39, 0.29) is 0 Å². The molecule has 1 aromatic rings. The molecule has 0 amide bonds. The number of hydrogen-bond acceptors (Lipinski definition) is 0. The van der Waals surface area contributed by atoms with Crippen LogP contribution in [0.4, 0.5) is 0 Å². The molecule has 1 unspecified atom stereocenters. The zero-order chi connectivity index (χ0) is 9.68. The fourth-order valence-electron chi connectivity index (χ4n) is 1.57. The van der Waals surface area contributed by atoms with Gasteiger partial charge in [0.2, 0.25) is 0 Å². The second kappa shape index (κ2) is 5.62. The average molecular weight is 215 g/mol. The van der Waals surface area contributed by atoms with Crippen molar-refractivity contribution in [3.05, 3.63) is 34.9 Å². The highest BCUT2D eigenvalue weighted by Gasteiger charge is 1.95. The van der Waals surface area contributed by atoms with E-state index >= 15 is 0 Å². The summed E-state index contributed by atoms with van der Waals surface area (Å²) in [4.78, 5) is 0. The molecule has 0 nitrogen and oxygen atoms in total. The first kappa shape index (κ1) is 11.0. The van der Waals surface area contributed by atoms with Gasteiger partial charge in [0.15, 0.2) is 0 Å².